The fraction of sp³-hybridized carbons (Fsp3) is 1.00. The Bertz CT molecular complexity index is 405. The minimum atomic E-state index is -4.61. The maximum Gasteiger partial charge on any atom is 0.469 e. The third-order valence-electron chi connectivity index (χ3n) is 2.35. The zero-order chi connectivity index (χ0) is 15.3. The molecule has 2 atom stereocenters. The molecule has 0 radical (unpaired) electrons. The van der Waals surface area contributed by atoms with Gasteiger partial charge in [0.1, 0.15) is 0 Å². The van der Waals surface area contributed by atoms with Gasteiger partial charge in [-0.05, 0) is 12.8 Å². The highest BCUT2D eigenvalue weighted by molar-refractivity contribution is 7.88. The molecular formula is C9H22NO7PS. The Kier molecular flexibility index (Phi) is 7.67. The van der Waals surface area contributed by atoms with E-state index in [0.717, 1.165) is 6.26 Å². The Morgan fingerprint density at radius 1 is 1.26 bits per heavy atom. The number of nitrogens with one attached hydrogen (secondary N) is 1. The zero-order valence-corrected chi connectivity index (χ0v) is 13.1. The third kappa shape index (κ3) is 11.5. The van der Waals surface area contributed by atoms with Crippen molar-refractivity contribution in [2.24, 2.45) is 5.92 Å². The summed E-state index contributed by atoms with van der Waals surface area (Å²) in [7, 11) is -8.02. The van der Waals surface area contributed by atoms with Crippen molar-refractivity contribution in [3.63, 3.8) is 0 Å². The average Bonchev–Trinajstić information content (AvgIpc) is 2.19. The van der Waals surface area contributed by atoms with Crippen LogP contribution in [0, 0.1) is 5.92 Å². The fourth-order valence-electron chi connectivity index (χ4n) is 1.03. The quantitative estimate of drug-likeness (QED) is 0.514. The molecule has 0 fully saturated rings. The lowest BCUT2D eigenvalue weighted by Gasteiger charge is -2.24. The van der Waals surface area contributed by atoms with Crippen LogP contribution in [0.3, 0.4) is 0 Å². The highest BCUT2D eigenvalue weighted by Gasteiger charge is 2.22. The molecule has 0 saturated heterocycles. The number of rotatable bonds is 9. The monoisotopic (exact) mass is 319 g/mol. The van der Waals surface area contributed by atoms with Crippen molar-refractivity contribution >= 4 is 17.8 Å². The predicted octanol–water partition coefficient (Wildman–Crippen LogP) is 0.0746. The van der Waals surface area contributed by atoms with Crippen molar-refractivity contribution in [2.75, 3.05) is 19.4 Å². The summed E-state index contributed by atoms with van der Waals surface area (Å²) in [5, 5.41) is 0. The van der Waals surface area contributed by atoms with Crippen LogP contribution >= 0.6 is 7.82 Å². The third-order valence-corrected chi connectivity index (χ3v) is 3.52. The number of phosphoric acid groups is 1. The molecule has 0 heterocycles. The first kappa shape index (κ1) is 19.0. The van der Waals surface area contributed by atoms with Crippen LogP contribution in [0.25, 0.3) is 0 Å². The Morgan fingerprint density at radius 3 is 2.16 bits per heavy atom. The second-order valence-corrected chi connectivity index (χ2v) is 7.69. The molecule has 0 aromatic heterocycles. The summed E-state index contributed by atoms with van der Waals surface area (Å²) in [6.07, 6.45) is 0.00577. The van der Waals surface area contributed by atoms with Gasteiger partial charge in [-0.25, -0.2) is 17.7 Å². The molecule has 0 rings (SSSR count). The van der Waals surface area contributed by atoms with E-state index in [0.29, 0.717) is 0 Å². The van der Waals surface area contributed by atoms with Gasteiger partial charge in [-0.15, -0.1) is 0 Å². The summed E-state index contributed by atoms with van der Waals surface area (Å²) in [5.41, 5.74) is 0. The highest BCUT2D eigenvalue weighted by atomic mass is 32.2. The largest absolute Gasteiger partial charge is 0.469 e. The molecule has 0 spiro atoms. The fourth-order valence-corrected chi connectivity index (χ4v) is 1.88. The van der Waals surface area contributed by atoms with Crippen LogP contribution in [-0.2, 0) is 23.8 Å². The molecule has 0 aliphatic carbocycles. The van der Waals surface area contributed by atoms with Gasteiger partial charge in [0, 0.05) is 6.54 Å². The van der Waals surface area contributed by atoms with Gasteiger partial charge in [0.25, 0.3) is 0 Å². The molecule has 0 saturated carbocycles. The minimum Gasteiger partial charge on any atom is -0.371 e. The summed E-state index contributed by atoms with van der Waals surface area (Å²) < 4.78 is 44.7. The maximum absolute atomic E-state index is 11.0. The molecule has 0 aromatic carbocycles. The van der Waals surface area contributed by atoms with Gasteiger partial charge < -0.3 is 14.5 Å². The van der Waals surface area contributed by atoms with Gasteiger partial charge >= 0.3 is 7.82 Å². The summed E-state index contributed by atoms with van der Waals surface area (Å²) in [4.78, 5) is 17.3. The van der Waals surface area contributed by atoms with E-state index in [1.54, 1.807) is 6.92 Å². The number of ether oxygens (including phenoxy) is 1. The van der Waals surface area contributed by atoms with Crippen molar-refractivity contribution in [3.8, 4) is 0 Å². The average molecular weight is 319 g/mol. The van der Waals surface area contributed by atoms with Crippen LogP contribution in [0.2, 0.25) is 0 Å². The van der Waals surface area contributed by atoms with Crippen molar-refractivity contribution in [1.82, 2.24) is 4.72 Å². The first-order chi connectivity index (χ1) is 8.41. The second-order valence-electron chi connectivity index (χ2n) is 4.61. The molecule has 0 aliphatic rings. The molecular weight excluding hydrogens is 297 g/mol. The van der Waals surface area contributed by atoms with Gasteiger partial charge in [0.2, 0.25) is 10.0 Å². The van der Waals surface area contributed by atoms with Crippen molar-refractivity contribution in [2.45, 2.75) is 33.0 Å². The molecule has 8 nitrogen and oxygen atoms in total. The van der Waals surface area contributed by atoms with E-state index in [-0.39, 0.29) is 18.6 Å². The predicted molar refractivity (Wildman–Crippen MR) is 70.0 cm³/mol. The SMILES string of the molecule is CC(C)[C@H](C)O[C@@H](CNS(C)(=O)=O)COP(=O)(O)O. The topological polar surface area (TPSA) is 122 Å². The molecule has 10 heteroatoms. The van der Waals surface area contributed by atoms with E-state index in [4.69, 9.17) is 14.5 Å². The van der Waals surface area contributed by atoms with E-state index in [1.165, 1.54) is 0 Å². The molecule has 116 valence electrons. The lowest BCUT2D eigenvalue weighted by Crippen LogP contribution is -2.38. The first-order valence-corrected chi connectivity index (χ1v) is 9.13. The summed E-state index contributed by atoms with van der Waals surface area (Å²) in [6, 6.07) is 0. The molecule has 0 unspecified atom stereocenters. The van der Waals surface area contributed by atoms with Crippen LogP contribution < -0.4 is 4.72 Å². The summed E-state index contributed by atoms with van der Waals surface area (Å²) in [5.74, 6) is 0.177. The highest BCUT2D eigenvalue weighted by Crippen LogP contribution is 2.35. The summed E-state index contributed by atoms with van der Waals surface area (Å²) in [6.45, 7) is 5.10. The molecule has 0 aliphatic heterocycles. The van der Waals surface area contributed by atoms with Gasteiger partial charge in [-0.1, -0.05) is 13.8 Å². The number of hydrogen-bond acceptors (Lipinski definition) is 5. The van der Waals surface area contributed by atoms with Gasteiger partial charge in [-0.3, -0.25) is 4.52 Å². The van der Waals surface area contributed by atoms with Crippen LogP contribution in [0.15, 0.2) is 0 Å². The number of phosphoric ester groups is 1. The Balaban J connectivity index is 4.50. The molecule has 19 heavy (non-hydrogen) atoms. The Morgan fingerprint density at radius 2 is 1.79 bits per heavy atom. The number of sulfonamides is 1. The normalized spacial score (nSPS) is 16.6. The minimum absolute atomic E-state index is 0.115. The van der Waals surface area contributed by atoms with Crippen LogP contribution in [0.1, 0.15) is 20.8 Å². The van der Waals surface area contributed by atoms with E-state index in [9.17, 15) is 13.0 Å². The first-order valence-electron chi connectivity index (χ1n) is 5.71. The smallest absolute Gasteiger partial charge is 0.371 e. The standard InChI is InChI=1S/C9H22NO7PS/c1-7(2)8(3)17-9(5-10-19(4,14)15)6-16-18(11,12)13/h7-10H,5-6H2,1-4H3,(H2,11,12,13)/t8-,9-/m0/s1. The van der Waals surface area contributed by atoms with Crippen molar-refractivity contribution in [3.05, 3.63) is 0 Å². The van der Waals surface area contributed by atoms with E-state index >= 15 is 0 Å². The lowest BCUT2D eigenvalue weighted by molar-refractivity contribution is -0.0451. The van der Waals surface area contributed by atoms with E-state index < -0.39 is 30.6 Å². The van der Waals surface area contributed by atoms with E-state index in [1.807, 2.05) is 13.8 Å². The summed E-state index contributed by atoms with van der Waals surface area (Å²) >= 11 is 0. The van der Waals surface area contributed by atoms with Crippen molar-refractivity contribution < 1.29 is 32.0 Å². The van der Waals surface area contributed by atoms with Gasteiger partial charge in [0.05, 0.1) is 25.1 Å². The second kappa shape index (κ2) is 7.68. The zero-order valence-electron chi connectivity index (χ0n) is 11.4. The molecule has 3 N–H and O–H groups in total. The number of hydrogen-bond donors (Lipinski definition) is 3. The van der Waals surface area contributed by atoms with Crippen molar-refractivity contribution in [1.29, 1.82) is 0 Å². The Hall–Kier alpha value is -0.0200. The Labute approximate surface area is 113 Å². The molecule has 0 amide bonds. The molecule has 0 aromatic rings. The van der Waals surface area contributed by atoms with Crippen LogP contribution in [-0.4, -0.2) is 49.8 Å². The maximum atomic E-state index is 11.0. The van der Waals surface area contributed by atoms with Gasteiger partial charge in [-0.2, -0.15) is 0 Å². The van der Waals surface area contributed by atoms with Crippen LogP contribution in [0.4, 0.5) is 0 Å². The van der Waals surface area contributed by atoms with E-state index in [2.05, 4.69) is 9.25 Å². The van der Waals surface area contributed by atoms with Crippen LogP contribution in [0.5, 0.6) is 0 Å². The lowest BCUT2D eigenvalue weighted by atomic mass is 10.1. The van der Waals surface area contributed by atoms with Gasteiger partial charge in [0.15, 0.2) is 0 Å². The molecule has 0 bridgehead atoms.